The number of benzene rings is 1. The SMILES string of the molecule is CCCc1cc(Cl)nc(Nc2ccc(C)c(C#N)c2)n1. The number of halogens is 1. The summed E-state index contributed by atoms with van der Waals surface area (Å²) in [4.78, 5) is 8.56. The highest BCUT2D eigenvalue weighted by Gasteiger charge is 2.05. The maximum absolute atomic E-state index is 9.04. The van der Waals surface area contributed by atoms with Gasteiger partial charge < -0.3 is 5.32 Å². The smallest absolute Gasteiger partial charge is 0.228 e. The van der Waals surface area contributed by atoms with Gasteiger partial charge in [0, 0.05) is 11.4 Å². The molecular formula is C15H15ClN4. The first-order chi connectivity index (χ1) is 9.62. The molecule has 0 saturated carbocycles. The lowest BCUT2D eigenvalue weighted by atomic mass is 10.1. The first-order valence-electron chi connectivity index (χ1n) is 6.43. The van der Waals surface area contributed by atoms with Crippen LogP contribution in [0.15, 0.2) is 24.3 Å². The Hall–Kier alpha value is -2.12. The van der Waals surface area contributed by atoms with Crippen molar-refractivity contribution in [2.45, 2.75) is 26.7 Å². The van der Waals surface area contributed by atoms with E-state index in [1.54, 1.807) is 12.1 Å². The van der Waals surface area contributed by atoms with E-state index in [1.165, 1.54) is 0 Å². The van der Waals surface area contributed by atoms with Crippen LogP contribution in [0.5, 0.6) is 0 Å². The van der Waals surface area contributed by atoms with E-state index < -0.39 is 0 Å². The Bertz CT molecular complexity index is 661. The maximum atomic E-state index is 9.04. The van der Waals surface area contributed by atoms with E-state index in [4.69, 9.17) is 16.9 Å². The predicted molar refractivity (Wildman–Crippen MR) is 80.2 cm³/mol. The highest BCUT2D eigenvalue weighted by molar-refractivity contribution is 6.29. The second-order valence-electron chi connectivity index (χ2n) is 4.52. The van der Waals surface area contributed by atoms with Crippen molar-refractivity contribution in [2.75, 3.05) is 5.32 Å². The molecule has 1 aromatic heterocycles. The van der Waals surface area contributed by atoms with Crippen LogP contribution >= 0.6 is 11.6 Å². The molecule has 1 aromatic carbocycles. The number of aryl methyl sites for hydroxylation is 2. The van der Waals surface area contributed by atoms with Gasteiger partial charge in [-0.25, -0.2) is 9.97 Å². The Kier molecular flexibility index (Phi) is 4.54. The Morgan fingerprint density at radius 2 is 2.10 bits per heavy atom. The number of nitrogens with zero attached hydrogens (tertiary/aromatic N) is 3. The molecule has 0 atom stereocenters. The summed E-state index contributed by atoms with van der Waals surface area (Å²) in [5, 5.41) is 12.5. The van der Waals surface area contributed by atoms with Crippen LogP contribution in [0.3, 0.4) is 0 Å². The van der Waals surface area contributed by atoms with Crippen molar-refractivity contribution >= 4 is 23.2 Å². The number of nitrogens with one attached hydrogen (secondary N) is 1. The normalized spacial score (nSPS) is 10.1. The van der Waals surface area contributed by atoms with E-state index in [-0.39, 0.29) is 0 Å². The molecule has 0 unspecified atom stereocenters. The number of nitriles is 1. The van der Waals surface area contributed by atoms with Gasteiger partial charge in [-0.3, -0.25) is 0 Å². The molecule has 1 heterocycles. The highest BCUT2D eigenvalue weighted by Crippen LogP contribution is 2.19. The van der Waals surface area contributed by atoms with Crippen molar-refractivity contribution in [2.24, 2.45) is 0 Å². The average Bonchev–Trinajstić information content (AvgIpc) is 2.40. The molecule has 0 aliphatic rings. The largest absolute Gasteiger partial charge is 0.324 e. The number of rotatable bonds is 4. The topological polar surface area (TPSA) is 61.6 Å². The molecule has 2 aromatic rings. The number of anilines is 2. The summed E-state index contributed by atoms with van der Waals surface area (Å²) in [5.74, 6) is 0.452. The van der Waals surface area contributed by atoms with Crippen LogP contribution in [0.1, 0.15) is 30.2 Å². The molecule has 20 heavy (non-hydrogen) atoms. The summed E-state index contributed by atoms with van der Waals surface area (Å²) in [6, 6.07) is 9.48. The first kappa shape index (κ1) is 14.3. The van der Waals surface area contributed by atoms with Crippen molar-refractivity contribution in [1.29, 1.82) is 5.26 Å². The fourth-order valence-electron chi connectivity index (χ4n) is 1.85. The predicted octanol–water partition coefficient (Wildman–Crippen LogP) is 4.01. The van der Waals surface area contributed by atoms with Crippen LogP contribution in [0.25, 0.3) is 0 Å². The molecule has 0 radical (unpaired) electrons. The van der Waals surface area contributed by atoms with Gasteiger partial charge in [0.25, 0.3) is 0 Å². The first-order valence-corrected chi connectivity index (χ1v) is 6.81. The van der Waals surface area contributed by atoms with Gasteiger partial charge in [-0.2, -0.15) is 5.26 Å². The third kappa shape index (κ3) is 3.46. The summed E-state index contributed by atoms with van der Waals surface area (Å²) in [6.07, 6.45) is 1.85. The zero-order chi connectivity index (χ0) is 14.5. The summed E-state index contributed by atoms with van der Waals surface area (Å²) >= 11 is 5.99. The molecule has 0 saturated heterocycles. The lowest BCUT2D eigenvalue weighted by Crippen LogP contribution is -2.01. The van der Waals surface area contributed by atoms with Crippen molar-refractivity contribution in [1.82, 2.24) is 9.97 Å². The van der Waals surface area contributed by atoms with Crippen molar-refractivity contribution in [3.63, 3.8) is 0 Å². The van der Waals surface area contributed by atoms with E-state index in [0.29, 0.717) is 16.7 Å². The second-order valence-corrected chi connectivity index (χ2v) is 4.91. The van der Waals surface area contributed by atoms with Crippen molar-refractivity contribution < 1.29 is 0 Å². The van der Waals surface area contributed by atoms with Crippen molar-refractivity contribution in [3.8, 4) is 6.07 Å². The molecule has 0 bridgehead atoms. The lowest BCUT2D eigenvalue weighted by Gasteiger charge is -2.08. The summed E-state index contributed by atoms with van der Waals surface area (Å²) in [6.45, 7) is 3.99. The summed E-state index contributed by atoms with van der Waals surface area (Å²) < 4.78 is 0. The van der Waals surface area contributed by atoms with Gasteiger partial charge in [-0.1, -0.05) is 31.0 Å². The third-order valence-corrected chi connectivity index (χ3v) is 3.06. The van der Waals surface area contributed by atoms with Gasteiger partial charge in [-0.15, -0.1) is 0 Å². The van der Waals surface area contributed by atoms with Gasteiger partial charge in [0.2, 0.25) is 5.95 Å². The van der Waals surface area contributed by atoms with Gasteiger partial charge in [0.15, 0.2) is 0 Å². The monoisotopic (exact) mass is 286 g/mol. The van der Waals surface area contributed by atoms with E-state index in [0.717, 1.165) is 29.8 Å². The van der Waals surface area contributed by atoms with Crippen molar-refractivity contribution in [3.05, 3.63) is 46.2 Å². The van der Waals surface area contributed by atoms with Crippen LogP contribution in [-0.2, 0) is 6.42 Å². The minimum atomic E-state index is 0.415. The van der Waals surface area contributed by atoms with Crippen LogP contribution in [0.4, 0.5) is 11.6 Å². The Labute approximate surface area is 123 Å². The molecule has 4 nitrogen and oxygen atoms in total. The molecule has 0 spiro atoms. The molecule has 0 aliphatic heterocycles. The molecule has 0 fully saturated rings. The standard InChI is InChI=1S/C15H15ClN4/c1-3-4-12-8-14(16)20-15(18-12)19-13-6-5-10(2)11(7-13)9-17/h5-8H,3-4H2,1-2H3,(H,18,19,20). The zero-order valence-corrected chi connectivity index (χ0v) is 12.2. The van der Waals surface area contributed by atoms with Gasteiger partial charge in [-0.05, 0) is 37.1 Å². The molecule has 0 aliphatic carbocycles. The Morgan fingerprint density at radius 1 is 1.30 bits per heavy atom. The number of aromatic nitrogens is 2. The van der Waals surface area contributed by atoms with E-state index >= 15 is 0 Å². The fourth-order valence-corrected chi connectivity index (χ4v) is 2.06. The third-order valence-electron chi connectivity index (χ3n) is 2.87. The molecule has 102 valence electrons. The van der Waals surface area contributed by atoms with Crippen LogP contribution < -0.4 is 5.32 Å². The summed E-state index contributed by atoms with van der Waals surface area (Å²) in [7, 11) is 0. The second kappa shape index (κ2) is 6.36. The quantitative estimate of drug-likeness (QED) is 0.863. The van der Waals surface area contributed by atoms with Gasteiger partial charge in [0.05, 0.1) is 11.6 Å². The molecule has 5 heteroatoms. The maximum Gasteiger partial charge on any atom is 0.228 e. The molecule has 0 amide bonds. The molecule has 1 N–H and O–H groups in total. The Morgan fingerprint density at radius 3 is 2.80 bits per heavy atom. The zero-order valence-electron chi connectivity index (χ0n) is 11.4. The van der Waals surface area contributed by atoms with Crippen LogP contribution in [-0.4, -0.2) is 9.97 Å². The minimum absolute atomic E-state index is 0.415. The fraction of sp³-hybridized carbons (Fsp3) is 0.267. The highest BCUT2D eigenvalue weighted by atomic mass is 35.5. The number of hydrogen-bond acceptors (Lipinski definition) is 4. The molecule has 2 rings (SSSR count). The van der Waals surface area contributed by atoms with Gasteiger partial charge in [0.1, 0.15) is 5.15 Å². The average molecular weight is 287 g/mol. The van der Waals surface area contributed by atoms with Crippen LogP contribution in [0, 0.1) is 18.3 Å². The van der Waals surface area contributed by atoms with E-state index in [9.17, 15) is 0 Å². The van der Waals surface area contributed by atoms with Crippen LogP contribution in [0.2, 0.25) is 5.15 Å². The lowest BCUT2D eigenvalue weighted by molar-refractivity contribution is 0.875. The van der Waals surface area contributed by atoms with E-state index in [1.807, 2.05) is 19.1 Å². The Balaban J connectivity index is 2.28. The molecular weight excluding hydrogens is 272 g/mol. The van der Waals surface area contributed by atoms with Gasteiger partial charge >= 0.3 is 0 Å². The van der Waals surface area contributed by atoms with E-state index in [2.05, 4.69) is 28.3 Å². The number of hydrogen-bond donors (Lipinski definition) is 1. The minimum Gasteiger partial charge on any atom is -0.324 e. The summed E-state index contributed by atoms with van der Waals surface area (Å²) in [5.41, 5.74) is 3.25.